The van der Waals surface area contributed by atoms with Gasteiger partial charge in [-0.2, -0.15) is 0 Å². The normalized spacial score (nSPS) is 14.4. The lowest BCUT2D eigenvalue weighted by Gasteiger charge is -2.36. The number of ether oxygens (including phenoxy) is 2. The molecule has 1 saturated heterocycles. The molecule has 1 aliphatic rings. The number of amides is 1. The fraction of sp³-hybridized carbons (Fsp3) is 0.455. The third-order valence-corrected chi connectivity index (χ3v) is 5.47. The van der Waals surface area contributed by atoms with Gasteiger partial charge in [0.1, 0.15) is 22.3 Å². The van der Waals surface area contributed by atoms with Gasteiger partial charge in [-0.05, 0) is 69.6 Å². The summed E-state index contributed by atoms with van der Waals surface area (Å²) in [5.74, 6) is 1.55. The van der Waals surface area contributed by atoms with Gasteiger partial charge in [-0.1, -0.05) is 11.6 Å². The van der Waals surface area contributed by atoms with Gasteiger partial charge in [0.25, 0.3) is 0 Å². The summed E-state index contributed by atoms with van der Waals surface area (Å²) in [4.78, 5) is 18.2. The number of benzene rings is 1. The number of halogens is 1. The zero-order valence-electron chi connectivity index (χ0n) is 17.5. The minimum Gasteiger partial charge on any atom is -0.492 e. The number of nitrogens with zero attached hydrogens (tertiary/aromatic N) is 2. The van der Waals surface area contributed by atoms with Gasteiger partial charge in [-0.15, -0.1) is 0 Å². The van der Waals surface area contributed by atoms with E-state index < -0.39 is 5.91 Å². The van der Waals surface area contributed by atoms with Crippen LogP contribution in [0.15, 0.2) is 30.5 Å². The van der Waals surface area contributed by atoms with Crippen molar-refractivity contribution >= 4 is 23.3 Å². The molecular weight excluding hydrogens is 404 g/mol. The lowest BCUT2D eigenvalue weighted by Crippen LogP contribution is -2.43. The third-order valence-electron chi connectivity index (χ3n) is 5.09. The van der Waals surface area contributed by atoms with E-state index in [1.54, 1.807) is 6.07 Å². The number of pyridine rings is 1. The number of hydrogen-bond donors (Lipinski definition) is 2. The summed E-state index contributed by atoms with van der Waals surface area (Å²) in [7, 11) is 0. The number of anilines is 1. The van der Waals surface area contributed by atoms with Crippen LogP contribution in [0, 0.1) is 0 Å². The minimum absolute atomic E-state index is 0.319. The lowest BCUT2D eigenvalue weighted by atomic mass is 10.0. The van der Waals surface area contributed by atoms with Crippen LogP contribution in [0.1, 0.15) is 42.6 Å². The first-order chi connectivity index (χ1) is 14.5. The smallest absolute Gasteiger partial charge is 0.250 e. The van der Waals surface area contributed by atoms with Gasteiger partial charge in [-0.25, -0.2) is 4.98 Å². The summed E-state index contributed by atoms with van der Waals surface area (Å²) in [6, 6.07) is 7.81. The second kappa shape index (κ2) is 10.5. The first-order valence-electron chi connectivity index (χ1n) is 10.3. The van der Waals surface area contributed by atoms with Crippen LogP contribution in [0.5, 0.6) is 11.5 Å². The van der Waals surface area contributed by atoms with Crippen molar-refractivity contribution in [1.29, 1.82) is 0 Å². The Labute approximate surface area is 182 Å². The average Bonchev–Trinajstić information content (AvgIpc) is 2.76. The van der Waals surface area contributed by atoms with Crippen molar-refractivity contribution in [2.24, 2.45) is 5.73 Å². The Kier molecular flexibility index (Phi) is 7.76. The molecule has 3 N–H and O–H groups in total. The Morgan fingerprint density at radius 2 is 1.83 bits per heavy atom. The fourth-order valence-electron chi connectivity index (χ4n) is 3.65. The van der Waals surface area contributed by atoms with Crippen LogP contribution in [-0.2, 0) is 6.54 Å². The molecule has 1 amide bonds. The van der Waals surface area contributed by atoms with Crippen LogP contribution in [0.4, 0.5) is 5.82 Å². The molecule has 2 aromatic rings. The maximum absolute atomic E-state index is 11.4. The molecule has 0 aliphatic carbocycles. The highest BCUT2D eigenvalue weighted by Crippen LogP contribution is 2.37. The molecule has 0 saturated carbocycles. The van der Waals surface area contributed by atoms with E-state index in [4.69, 9.17) is 26.8 Å². The molecule has 3 rings (SSSR count). The van der Waals surface area contributed by atoms with E-state index in [-0.39, 0.29) is 0 Å². The largest absolute Gasteiger partial charge is 0.492 e. The molecule has 1 aliphatic heterocycles. The van der Waals surface area contributed by atoms with Crippen LogP contribution in [-0.4, -0.2) is 43.2 Å². The van der Waals surface area contributed by atoms with E-state index in [0.29, 0.717) is 47.9 Å². The number of rotatable bonds is 9. The zero-order valence-corrected chi connectivity index (χ0v) is 18.2. The van der Waals surface area contributed by atoms with Crippen LogP contribution in [0.25, 0.3) is 0 Å². The van der Waals surface area contributed by atoms with Crippen molar-refractivity contribution in [3.63, 3.8) is 0 Å². The van der Waals surface area contributed by atoms with Gasteiger partial charge in [0.05, 0.1) is 18.8 Å². The van der Waals surface area contributed by atoms with Crippen LogP contribution in [0.2, 0.25) is 5.02 Å². The van der Waals surface area contributed by atoms with Crippen LogP contribution >= 0.6 is 11.6 Å². The molecule has 162 valence electrons. The van der Waals surface area contributed by atoms with E-state index in [9.17, 15) is 4.79 Å². The highest BCUT2D eigenvalue weighted by molar-refractivity contribution is 6.33. The van der Waals surface area contributed by atoms with E-state index in [1.807, 2.05) is 32.0 Å². The molecule has 1 aromatic carbocycles. The first-order valence-corrected chi connectivity index (χ1v) is 10.7. The Bertz CT molecular complexity index is 827. The second-order valence-corrected chi connectivity index (χ2v) is 7.53. The first kappa shape index (κ1) is 22.2. The third kappa shape index (κ3) is 5.34. The molecule has 2 heterocycles. The zero-order chi connectivity index (χ0) is 21.5. The van der Waals surface area contributed by atoms with E-state index in [0.717, 1.165) is 37.3 Å². The van der Waals surface area contributed by atoms with Gasteiger partial charge in [-0.3, -0.25) is 4.79 Å². The number of hydrogen-bond acceptors (Lipinski definition) is 6. The molecule has 0 atom stereocenters. The Morgan fingerprint density at radius 3 is 2.33 bits per heavy atom. The molecule has 0 bridgehead atoms. The lowest BCUT2D eigenvalue weighted by molar-refractivity contribution is 0.1000. The summed E-state index contributed by atoms with van der Waals surface area (Å²) >= 11 is 6.46. The number of carbonyl (C=O) groups is 1. The van der Waals surface area contributed by atoms with E-state index >= 15 is 0 Å². The van der Waals surface area contributed by atoms with Gasteiger partial charge < -0.3 is 25.4 Å². The number of carbonyl (C=O) groups excluding carboxylic acids is 1. The predicted octanol–water partition coefficient (Wildman–Crippen LogP) is 3.39. The highest BCUT2D eigenvalue weighted by atomic mass is 35.5. The molecule has 30 heavy (non-hydrogen) atoms. The second-order valence-electron chi connectivity index (χ2n) is 7.15. The van der Waals surface area contributed by atoms with Gasteiger partial charge in [0.2, 0.25) is 5.91 Å². The molecule has 0 unspecified atom stereocenters. The summed E-state index contributed by atoms with van der Waals surface area (Å²) in [5.41, 5.74) is 6.78. The van der Waals surface area contributed by atoms with Crippen LogP contribution in [0.3, 0.4) is 0 Å². The van der Waals surface area contributed by atoms with Crippen molar-refractivity contribution < 1.29 is 14.3 Å². The summed E-state index contributed by atoms with van der Waals surface area (Å²) in [6.45, 7) is 7.41. The van der Waals surface area contributed by atoms with Crippen molar-refractivity contribution in [1.82, 2.24) is 10.3 Å². The molecule has 7 nitrogen and oxygen atoms in total. The Morgan fingerprint density at radius 1 is 1.20 bits per heavy atom. The topological polar surface area (TPSA) is 89.7 Å². The van der Waals surface area contributed by atoms with Crippen molar-refractivity contribution in [3.05, 3.63) is 46.6 Å². The molecule has 1 aromatic heterocycles. The maximum atomic E-state index is 11.4. The van der Waals surface area contributed by atoms with Crippen molar-refractivity contribution in [2.75, 3.05) is 31.2 Å². The number of aromatic nitrogens is 1. The summed E-state index contributed by atoms with van der Waals surface area (Å²) in [6.07, 6.45) is 3.54. The predicted molar refractivity (Wildman–Crippen MR) is 119 cm³/mol. The monoisotopic (exact) mass is 432 g/mol. The number of nitrogens with one attached hydrogen (secondary N) is 1. The van der Waals surface area contributed by atoms with Gasteiger partial charge in [0.15, 0.2) is 0 Å². The standard InChI is InChI=1S/C22H29ClN4O3/c1-3-29-18-11-15(12-19(21(18)23)30-4-2)14-27(17-7-9-25-10-8-17)20-6-5-16(13-26-20)22(24)28/h5-6,11-13,17,25H,3-4,7-10,14H2,1-2H3,(H2,24,28). The van der Waals surface area contributed by atoms with Crippen molar-refractivity contribution in [2.45, 2.75) is 39.3 Å². The number of primary amides is 1. The van der Waals surface area contributed by atoms with E-state index in [1.165, 1.54) is 6.20 Å². The van der Waals surface area contributed by atoms with Gasteiger partial charge in [0, 0.05) is 18.8 Å². The molecule has 1 fully saturated rings. The molecular formula is C22H29ClN4O3. The SMILES string of the molecule is CCOc1cc(CN(c2ccc(C(N)=O)cn2)C2CCNCC2)cc(OCC)c1Cl. The minimum atomic E-state index is -0.483. The average molecular weight is 433 g/mol. The highest BCUT2D eigenvalue weighted by Gasteiger charge is 2.24. The van der Waals surface area contributed by atoms with Gasteiger partial charge >= 0.3 is 0 Å². The van der Waals surface area contributed by atoms with E-state index in [2.05, 4.69) is 15.2 Å². The maximum Gasteiger partial charge on any atom is 0.250 e. The molecule has 0 spiro atoms. The fourth-order valence-corrected chi connectivity index (χ4v) is 3.87. The Balaban J connectivity index is 1.95. The summed E-state index contributed by atoms with van der Waals surface area (Å²) in [5, 5.41) is 3.89. The quantitative estimate of drug-likeness (QED) is 0.631. The summed E-state index contributed by atoms with van der Waals surface area (Å²) < 4.78 is 11.5. The molecule has 0 radical (unpaired) electrons. The van der Waals surface area contributed by atoms with Crippen LogP contribution < -0.4 is 25.4 Å². The van der Waals surface area contributed by atoms with Crippen molar-refractivity contribution in [3.8, 4) is 11.5 Å². The molecule has 8 heteroatoms. The Hall–Kier alpha value is -2.51. The number of piperidine rings is 1. The number of nitrogens with two attached hydrogens (primary N) is 1.